The van der Waals surface area contributed by atoms with Gasteiger partial charge in [-0.2, -0.15) is 0 Å². The molecule has 2 aromatic rings. The number of aliphatic carboxylic acids is 1. The lowest BCUT2D eigenvalue weighted by Crippen LogP contribution is -2.16. The number of carboxylic acid groups (broad SMARTS) is 1. The van der Waals surface area contributed by atoms with Crippen LogP contribution >= 0.6 is 0 Å². The van der Waals surface area contributed by atoms with E-state index in [1.54, 1.807) is 18.3 Å². The van der Waals surface area contributed by atoms with Crippen molar-refractivity contribution in [3.63, 3.8) is 0 Å². The zero-order valence-corrected chi connectivity index (χ0v) is 9.82. The summed E-state index contributed by atoms with van der Waals surface area (Å²) in [4.78, 5) is 14.0. The van der Waals surface area contributed by atoms with Gasteiger partial charge >= 0.3 is 5.97 Å². The molecule has 5 heteroatoms. The van der Waals surface area contributed by atoms with Gasteiger partial charge in [0.25, 0.3) is 0 Å². The minimum atomic E-state index is -1.22. The van der Waals surface area contributed by atoms with E-state index in [-0.39, 0.29) is 17.0 Å². The number of benzene rings is 1. The zero-order valence-electron chi connectivity index (χ0n) is 9.82. The van der Waals surface area contributed by atoms with Crippen molar-refractivity contribution in [3.8, 4) is 0 Å². The number of hydrogen-bond donors (Lipinski definition) is 4. The predicted octanol–water partition coefficient (Wildman–Crippen LogP) is 1.96. The normalized spacial score (nSPS) is 12.3. The molecule has 0 radical (unpaired) electrons. The second kappa shape index (κ2) is 4.37. The third kappa shape index (κ3) is 1.86. The van der Waals surface area contributed by atoms with Crippen molar-refractivity contribution in [3.05, 3.63) is 41.7 Å². The van der Waals surface area contributed by atoms with Crippen molar-refractivity contribution in [2.45, 2.75) is 6.92 Å². The number of hydrogen-bond acceptors (Lipinski definition) is 3. The molecule has 0 aliphatic heterocycles. The maximum absolute atomic E-state index is 11.0. The van der Waals surface area contributed by atoms with Gasteiger partial charge in [-0.05, 0) is 24.6 Å². The molecule has 1 aromatic heterocycles. The molecule has 5 N–H and O–H groups in total. The van der Waals surface area contributed by atoms with Crippen molar-refractivity contribution < 1.29 is 9.90 Å². The molecular weight excluding hydrogens is 230 g/mol. The minimum Gasteiger partial charge on any atom is -0.477 e. The molecule has 1 heterocycles. The van der Waals surface area contributed by atoms with E-state index in [4.69, 9.17) is 16.2 Å². The first kappa shape index (κ1) is 11.9. The number of aromatic amines is 1. The van der Waals surface area contributed by atoms with Crippen LogP contribution in [0.5, 0.6) is 0 Å². The van der Waals surface area contributed by atoms with Crippen molar-refractivity contribution in [2.24, 2.45) is 5.73 Å². The molecule has 0 bridgehead atoms. The van der Waals surface area contributed by atoms with Gasteiger partial charge in [0, 0.05) is 28.4 Å². The Morgan fingerprint density at radius 3 is 2.72 bits per heavy atom. The third-order valence-electron chi connectivity index (χ3n) is 2.74. The van der Waals surface area contributed by atoms with Crippen molar-refractivity contribution in [1.82, 2.24) is 4.98 Å². The number of nitrogens with two attached hydrogens (primary N) is 1. The average molecular weight is 243 g/mol. The van der Waals surface area contributed by atoms with Crippen LogP contribution in [-0.4, -0.2) is 21.8 Å². The first-order valence-corrected chi connectivity index (χ1v) is 5.37. The van der Waals surface area contributed by atoms with Crippen LogP contribution in [0.4, 0.5) is 0 Å². The molecule has 18 heavy (non-hydrogen) atoms. The summed E-state index contributed by atoms with van der Waals surface area (Å²) in [5.74, 6) is -1.22. The summed E-state index contributed by atoms with van der Waals surface area (Å²) < 4.78 is 0. The highest BCUT2D eigenvalue weighted by molar-refractivity contribution is 6.28. The number of nitrogens with one attached hydrogen (secondary N) is 2. The molecule has 0 spiro atoms. The highest BCUT2D eigenvalue weighted by atomic mass is 16.4. The summed E-state index contributed by atoms with van der Waals surface area (Å²) in [7, 11) is 0. The fourth-order valence-corrected chi connectivity index (χ4v) is 1.96. The molecule has 0 aliphatic carbocycles. The second-order valence-corrected chi connectivity index (χ2v) is 3.96. The van der Waals surface area contributed by atoms with E-state index in [0.29, 0.717) is 5.56 Å². The Kier molecular flexibility index (Phi) is 2.89. The molecule has 0 saturated carbocycles. The predicted molar refractivity (Wildman–Crippen MR) is 70.4 cm³/mol. The Hall–Kier alpha value is -2.56. The third-order valence-corrected chi connectivity index (χ3v) is 2.74. The lowest BCUT2D eigenvalue weighted by molar-refractivity contribution is -0.132. The molecule has 2 rings (SSSR count). The van der Waals surface area contributed by atoms with Crippen LogP contribution in [0.25, 0.3) is 16.5 Å². The minimum absolute atomic E-state index is 0.128. The molecule has 0 atom stereocenters. The second-order valence-electron chi connectivity index (χ2n) is 3.96. The van der Waals surface area contributed by atoms with Gasteiger partial charge in [-0.15, -0.1) is 0 Å². The topological polar surface area (TPSA) is 103 Å². The van der Waals surface area contributed by atoms with E-state index >= 15 is 0 Å². The largest absolute Gasteiger partial charge is 0.477 e. The van der Waals surface area contributed by atoms with E-state index in [1.807, 2.05) is 12.1 Å². The Morgan fingerprint density at radius 1 is 1.39 bits per heavy atom. The number of carboxylic acids is 1. The summed E-state index contributed by atoms with van der Waals surface area (Å²) in [6, 6.07) is 7.28. The van der Waals surface area contributed by atoms with Gasteiger partial charge in [0.1, 0.15) is 5.70 Å². The van der Waals surface area contributed by atoms with Crippen molar-refractivity contribution >= 4 is 28.2 Å². The van der Waals surface area contributed by atoms with Crippen molar-refractivity contribution in [2.75, 3.05) is 0 Å². The lowest BCUT2D eigenvalue weighted by Gasteiger charge is -2.10. The van der Waals surface area contributed by atoms with E-state index in [0.717, 1.165) is 10.9 Å². The fourth-order valence-electron chi connectivity index (χ4n) is 1.96. The molecule has 0 unspecified atom stereocenters. The fraction of sp³-hybridized carbons (Fsp3) is 0.0769. The van der Waals surface area contributed by atoms with E-state index < -0.39 is 5.97 Å². The van der Waals surface area contributed by atoms with Crippen LogP contribution < -0.4 is 5.73 Å². The highest BCUT2D eigenvalue weighted by Gasteiger charge is 2.16. The van der Waals surface area contributed by atoms with E-state index in [9.17, 15) is 4.79 Å². The average Bonchev–Trinajstić information content (AvgIpc) is 2.77. The summed E-state index contributed by atoms with van der Waals surface area (Å²) in [6.45, 7) is 1.52. The van der Waals surface area contributed by atoms with Crippen LogP contribution in [0.2, 0.25) is 0 Å². The van der Waals surface area contributed by atoms with Gasteiger partial charge in [-0.25, -0.2) is 4.79 Å². The standard InChI is InChI=1S/C13H13N3O2/c1-7(14)11(12(15)13(17)18)9-3-2-4-10-8(9)5-6-16-10/h2-6,14,16H,15H2,1H3,(H,17,18)/b12-11+,14-7?. The van der Waals surface area contributed by atoms with Gasteiger partial charge < -0.3 is 21.2 Å². The quantitative estimate of drug-likeness (QED) is 0.489. The number of allylic oxidation sites excluding steroid dienone is 1. The van der Waals surface area contributed by atoms with Crippen LogP contribution in [-0.2, 0) is 4.79 Å². The van der Waals surface area contributed by atoms with Gasteiger partial charge in [0.15, 0.2) is 0 Å². The summed E-state index contributed by atoms with van der Waals surface area (Å²) in [5, 5.41) is 17.6. The van der Waals surface area contributed by atoms with Crippen LogP contribution in [0, 0.1) is 5.41 Å². The molecule has 0 aliphatic rings. The molecule has 0 saturated heterocycles. The Bertz CT molecular complexity index is 668. The van der Waals surface area contributed by atoms with Crippen molar-refractivity contribution in [1.29, 1.82) is 5.41 Å². The number of rotatable bonds is 3. The smallest absolute Gasteiger partial charge is 0.352 e. The molecule has 5 nitrogen and oxygen atoms in total. The monoisotopic (exact) mass is 243 g/mol. The van der Waals surface area contributed by atoms with Crippen LogP contribution in [0.1, 0.15) is 12.5 Å². The molecule has 0 fully saturated rings. The Labute approximate surface area is 103 Å². The van der Waals surface area contributed by atoms with Gasteiger partial charge in [-0.1, -0.05) is 12.1 Å². The van der Waals surface area contributed by atoms with Crippen LogP contribution in [0.15, 0.2) is 36.2 Å². The molecule has 92 valence electrons. The molecule has 0 amide bonds. The Balaban J connectivity index is 2.78. The van der Waals surface area contributed by atoms with Gasteiger partial charge in [0.05, 0.1) is 0 Å². The van der Waals surface area contributed by atoms with Gasteiger partial charge in [0.2, 0.25) is 0 Å². The van der Waals surface area contributed by atoms with Crippen LogP contribution in [0.3, 0.4) is 0 Å². The van der Waals surface area contributed by atoms with E-state index in [1.165, 1.54) is 6.92 Å². The first-order valence-electron chi connectivity index (χ1n) is 5.37. The Morgan fingerprint density at radius 2 is 2.11 bits per heavy atom. The van der Waals surface area contributed by atoms with Gasteiger partial charge in [-0.3, -0.25) is 0 Å². The summed E-state index contributed by atoms with van der Waals surface area (Å²) in [6.07, 6.45) is 1.77. The maximum atomic E-state index is 11.0. The zero-order chi connectivity index (χ0) is 13.3. The number of fused-ring (bicyclic) bond motifs is 1. The summed E-state index contributed by atoms with van der Waals surface area (Å²) >= 11 is 0. The SMILES string of the molecule is CC(=N)/C(=C(\N)C(=O)O)c1cccc2[nH]ccc12. The maximum Gasteiger partial charge on any atom is 0.352 e. The highest BCUT2D eigenvalue weighted by Crippen LogP contribution is 2.26. The first-order chi connectivity index (χ1) is 8.52. The number of carbonyl (C=O) groups is 1. The molecule has 1 aromatic carbocycles. The number of H-pyrrole nitrogens is 1. The lowest BCUT2D eigenvalue weighted by atomic mass is 9.96. The van der Waals surface area contributed by atoms with E-state index in [2.05, 4.69) is 4.98 Å². The molecular formula is C13H13N3O2. The number of aromatic nitrogens is 1. The summed E-state index contributed by atoms with van der Waals surface area (Å²) in [5.41, 5.74) is 7.19.